The second kappa shape index (κ2) is 6.80. The fraction of sp³-hybridized carbons (Fsp3) is 0.0952. The highest BCUT2D eigenvalue weighted by Gasteiger charge is 2.12. The summed E-state index contributed by atoms with van der Waals surface area (Å²) in [5.74, 6) is 0.694. The normalized spacial score (nSPS) is 10.7. The topological polar surface area (TPSA) is 53.9 Å². The van der Waals surface area contributed by atoms with E-state index in [1.165, 1.54) is 0 Å². The SMILES string of the molecule is CN(C)c1ccc(Nc2nc3ccccc3nc2-c2ccccn2)cc1. The Hall–Kier alpha value is -3.47. The lowest BCUT2D eigenvalue weighted by atomic mass is 10.2. The van der Waals surface area contributed by atoms with Crippen LogP contribution >= 0.6 is 0 Å². The Bertz CT molecular complexity index is 1030. The summed E-state index contributed by atoms with van der Waals surface area (Å²) in [7, 11) is 4.05. The molecule has 0 saturated carbocycles. The Morgan fingerprint density at radius 3 is 2.12 bits per heavy atom. The van der Waals surface area contributed by atoms with Gasteiger partial charge in [-0.3, -0.25) is 4.98 Å². The predicted molar refractivity (Wildman–Crippen MR) is 107 cm³/mol. The fourth-order valence-electron chi connectivity index (χ4n) is 2.75. The van der Waals surface area contributed by atoms with Gasteiger partial charge in [0.05, 0.1) is 16.7 Å². The summed E-state index contributed by atoms with van der Waals surface area (Å²) in [6.07, 6.45) is 1.77. The van der Waals surface area contributed by atoms with E-state index in [2.05, 4.69) is 27.3 Å². The average Bonchev–Trinajstić information content (AvgIpc) is 2.68. The van der Waals surface area contributed by atoms with E-state index >= 15 is 0 Å². The number of rotatable bonds is 4. The molecule has 0 aliphatic rings. The second-order valence-corrected chi connectivity index (χ2v) is 6.19. The van der Waals surface area contributed by atoms with Crippen LogP contribution < -0.4 is 10.2 Å². The van der Waals surface area contributed by atoms with E-state index in [1.807, 2.05) is 68.7 Å². The monoisotopic (exact) mass is 341 g/mol. The average molecular weight is 341 g/mol. The number of hydrogen-bond donors (Lipinski definition) is 1. The minimum absolute atomic E-state index is 0.694. The van der Waals surface area contributed by atoms with Crippen LogP contribution in [0.4, 0.5) is 17.2 Å². The summed E-state index contributed by atoms with van der Waals surface area (Å²) < 4.78 is 0. The van der Waals surface area contributed by atoms with Crippen LogP contribution in [0.3, 0.4) is 0 Å². The maximum absolute atomic E-state index is 4.79. The van der Waals surface area contributed by atoms with Crippen LogP contribution in [0.5, 0.6) is 0 Å². The summed E-state index contributed by atoms with van der Waals surface area (Å²) in [5, 5.41) is 3.40. The van der Waals surface area contributed by atoms with Crippen LogP contribution in [0.15, 0.2) is 72.9 Å². The van der Waals surface area contributed by atoms with Crippen molar-refractivity contribution in [3.63, 3.8) is 0 Å². The van der Waals surface area contributed by atoms with Gasteiger partial charge in [0, 0.05) is 31.7 Å². The number of nitrogens with one attached hydrogen (secondary N) is 1. The molecule has 128 valence electrons. The quantitative estimate of drug-likeness (QED) is 0.592. The minimum atomic E-state index is 0.694. The number of benzene rings is 2. The highest BCUT2D eigenvalue weighted by atomic mass is 15.1. The number of anilines is 3. The van der Waals surface area contributed by atoms with Gasteiger partial charge in [0.1, 0.15) is 5.69 Å². The summed E-state index contributed by atoms with van der Waals surface area (Å²) in [6, 6.07) is 21.9. The molecule has 4 rings (SSSR count). The molecule has 5 nitrogen and oxygen atoms in total. The van der Waals surface area contributed by atoms with Crippen molar-refractivity contribution in [2.24, 2.45) is 0 Å². The number of hydrogen-bond acceptors (Lipinski definition) is 5. The standard InChI is InChI=1S/C21H19N5/c1-26(2)16-12-10-15(11-13-16)23-21-20(19-9-5-6-14-22-19)24-17-7-3-4-8-18(17)25-21/h3-14H,1-2H3,(H,23,25). The van der Waals surface area contributed by atoms with Gasteiger partial charge < -0.3 is 10.2 Å². The molecule has 0 bridgehead atoms. The van der Waals surface area contributed by atoms with Gasteiger partial charge in [0.25, 0.3) is 0 Å². The lowest BCUT2D eigenvalue weighted by molar-refractivity contribution is 1.13. The molecule has 0 fully saturated rings. The van der Waals surface area contributed by atoms with Crippen molar-refractivity contribution in [2.75, 3.05) is 24.3 Å². The molecule has 0 radical (unpaired) electrons. The molecule has 2 aromatic heterocycles. The number of para-hydroxylation sites is 2. The van der Waals surface area contributed by atoms with Gasteiger partial charge in [-0.15, -0.1) is 0 Å². The van der Waals surface area contributed by atoms with E-state index in [9.17, 15) is 0 Å². The van der Waals surface area contributed by atoms with E-state index in [0.29, 0.717) is 5.82 Å². The van der Waals surface area contributed by atoms with Crippen molar-refractivity contribution in [3.8, 4) is 11.4 Å². The van der Waals surface area contributed by atoms with Gasteiger partial charge in [-0.2, -0.15) is 0 Å². The lowest BCUT2D eigenvalue weighted by Crippen LogP contribution is -2.08. The van der Waals surface area contributed by atoms with Crippen molar-refractivity contribution in [3.05, 3.63) is 72.9 Å². The van der Waals surface area contributed by atoms with Gasteiger partial charge in [-0.1, -0.05) is 18.2 Å². The van der Waals surface area contributed by atoms with Gasteiger partial charge in [0.15, 0.2) is 5.82 Å². The van der Waals surface area contributed by atoms with Crippen molar-refractivity contribution in [1.29, 1.82) is 0 Å². The Labute approximate surface area is 152 Å². The van der Waals surface area contributed by atoms with E-state index in [1.54, 1.807) is 6.20 Å². The smallest absolute Gasteiger partial charge is 0.159 e. The van der Waals surface area contributed by atoms with Crippen LogP contribution in [-0.4, -0.2) is 29.0 Å². The molecule has 2 heterocycles. The van der Waals surface area contributed by atoms with Crippen molar-refractivity contribution < 1.29 is 0 Å². The first-order valence-corrected chi connectivity index (χ1v) is 8.43. The Morgan fingerprint density at radius 2 is 1.46 bits per heavy atom. The summed E-state index contributed by atoms with van der Waals surface area (Å²) >= 11 is 0. The third kappa shape index (κ3) is 3.19. The van der Waals surface area contributed by atoms with Crippen molar-refractivity contribution in [2.45, 2.75) is 0 Å². The fourth-order valence-corrected chi connectivity index (χ4v) is 2.75. The van der Waals surface area contributed by atoms with Gasteiger partial charge in [0.2, 0.25) is 0 Å². The molecule has 2 aromatic carbocycles. The lowest BCUT2D eigenvalue weighted by Gasteiger charge is -2.14. The first-order valence-electron chi connectivity index (χ1n) is 8.43. The summed E-state index contributed by atoms with van der Waals surface area (Å²) in [4.78, 5) is 16.1. The molecule has 4 aromatic rings. The largest absolute Gasteiger partial charge is 0.378 e. The van der Waals surface area contributed by atoms with E-state index < -0.39 is 0 Å². The van der Waals surface area contributed by atoms with E-state index in [0.717, 1.165) is 33.8 Å². The Morgan fingerprint density at radius 1 is 0.769 bits per heavy atom. The number of nitrogens with zero attached hydrogens (tertiary/aromatic N) is 4. The van der Waals surface area contributed by atoms with Crippen molar-refractivity contribution >= 4 is 28.2 Å². The molecule has 0 spiro atoms. The van der Waals surface area contributed by atoms with Gasteiger partial charge >= 0.3 is 0 Å². The van der Waals surface area contributed by atoms with Gasteiger partial charge in [-0.25, -0.2) is 9.97 Å². The predicted octanol–water partition coefficient (Wildman–Crippen LogP) is 4.50. The highest BCUT2D eigenvalue weighted by Crippen LogP contribution is 2.28. The molecule has 0 atom stereocenters. The molecule has 0 aliphatic heterocycles. The Kier molecular flexibility index (Phi) is 4.19. The molecule has 1 N–H and O–H groups in total. The molecule has 0 aliphatic carbocycles. The molecule has 26 heavy (non-hydrogen) atoms. The van der Waals surface area contributed by atoms with Crippen LogP contribution in [0.25, 0.3) is 22.4 Å². The van der Waals surface area contributed by atoms with Crippen LogP contribution in [0, 0.1) is 0 Å². The molecule has 0 saturated heterocycles. The molecular formula is C21H19N5. The zero-order valence-electron chi connectivity index (χ0n) is 14.7. The minimum Gasteiger partial charge on any atom is -0.378 e. The maximum Gasteiger partial charge on any atom is 0.159 e. The number of fused-ring (bicyclic) bond motifs is 1. The molecule has 5 heteroatoms. The highest BCUT2D eigenvalue weighted by molar-refractivity contribution is 5.83. The zero-order valence-corrected chi connectivity index (χ0v) is 14.7. The van der Waals surface area contributed by atoms with Crippen LogP contribution in [0.2, 0.25) is 0 Å². The van der Waals surface area contributed by atoms with E-state index in [-0.39, 0.29) is 0 Å². The first-order chi connectivity index (χ1) is 12.7. The van der Waals surface area contributed by atoms with Crippen molar-refractivity contribution in [1.82, 2.24) is 15.0 Å². The van der Waals surface area contributed by atoms with Gasteiger partial charge in [-0.05, 0) is 48.5 Å². The number of aromatic nitrogens is 3. The molecule has 0 unspecified atom stereocenters. The first kappa shape index (κ1) is 16.0. The zero-order chi connectivity index (χ0) is 17.9. The van der Waals surface area contributed by atoms with E-state index in [4.69, 9.17) is 9.97 Å². The number of pyridine rings is 1. The molecular weight excluding hydrogens is 322 g/mol. The third-order valence-electron chi connectivity index (χ3n) is 4.12. The summed E-state index contributed by atoms with van der Waals surface area (Å²) in [6.45, 7) is 0. The van der Waals surface area contributed by atoms with Crippen LogP contribution in [-0.2, 0) is 0 Å². The Balaban J connectivity index is 1.79. The second-order valence-electron chi connectivity index (χ2n) is 6.19. The third-order valence-corrected chi connectivity index (χ3v) is 4.12. The van der Waals surface area contributed by atoms with Crippen LogP contribution in [0.1, 0.15) is 0 Å². The molecule has 0 amide bonds. The summed E-state index contributed by atoms with van der Waals surface area (Å²) in [5.41, 5.74) is 5.32. The maximum atomic E-state index is 4.79.